The third-order valence-electron chi connectivity index (χ3n) is 3.12. The van der Waals surface area contributed by atoms with Crippen molar-refractivity contribution < 1.29 is 4.79 Å². The number of hydrogen-bond acceptors (Lipinski definition) is 3. The van der Waals surface area contributed by atoms with Gasteiger partial charge in [0.2, 0.25) is 0 Å². The fourth-order valence-corrected chi connectivity index (χ4v) is 2.45. The third-order valence-corrected chi connectivity index (χ3v) is 4.35. The van der Waals surface area contributed by atoms with Crippen molar-refractivity contribution >= 4 is 33.4 Å². The molecule has 1 heterocycles. The summed E-state index contributed by atoms with van der Waals surface area (Å²) in [6, 6.07) is 7.35. The molecule has 0 bridgehead atoms. The molecular weight excluding hydrogens is 330 g/mol. The highest BCUT2D eigenvalue weighted by Crippen LogP contribution is 2.24. The molecule has 1 aromatic carbocycles. The number of rotatable bonds is 2. The van der Waals surface area contributed by atoms with E-state index in [1.54, 1.807) is 23.1 Å². The first-order chi connectivity index (χ1) is 9.11. The van der Waals surface area contributed by atoms with Gasteiger partial charge in [-0.25, -0.2) is 0 Å². The molecule has 0 unspecified atom stereocenters. The van der Waals surface area contributed by atoms with Gasteiger partial charge in [-0.05, 0) is 34.1 Å². The number of nitriles is 1. The van der Waals surface area contributed by atoms with Crippen LogP contribution in [0.1, 0.15) is 10.4 Å². The summed E-state index contributed by atoms with van der Waals surface area (Å²) in [4.78, 5) is 16.1. The highest BCUT2D eigenvalue weighted by atomic mass is 79.9. The predicted molar refractivity (Wildman–Crippen MR) is 77.1 cm³/mol. The average Bonchev–Trinajstić information content (AvgIpc) is 2.42. The highest BCUT2D eigenvalue weighted by Gasteiger charge is 2.22. The molecule has 0 spiro atoms. The van der Waals surface area contributed by atoms with Crippen LogP contribution in [0.25, 0.3) is 0 Å². The Bertz CT molecular complexity index is 521. The van der Waals surface area contributed by atoms with Crippen molar-refractivity contribution in [3.63, 3.8) is 0 Å². The number of amides is 1. The van der Waals surface area contributed by atoms with Crippen LogP contribution >= 0.6 is 27.5 Å². The molecule has 0 aromatic heterocycles. The Morgan fingerprint density at radius 2 is 2.05 bits per heavy atom. The molecule has 0 radical (unpaired) electrons. The van der Waals surface area contributed by atoms with Crippen LogP contribution in [-0.4, -0.2) is 48.4 Å². The summed E-state index contributed by atoms with van der Waals surface area (Å²) in [5.74, 6) is -0.00833. The SMILES string of the molecule is N#CCN1CCN(C(=O)c2ccc(Br)c(Cl)c2)CC1. The number of nitrogens with zero attached hydrogens (tertiary/aromatic N) is 3. The van der Waals surface area contributed by atoms with E-state index >= 15 is 0 Å². The first-order valence-corrected chi connectivity index (χ1v) is 7.12. The first kappa shape index (κ1) is 14.3. The van der Waals surface area contributed by atoms with Crippen molar-refractivity contribution in [2.24, 2.45) is 0 Å². The summed E-state index contributed by atoms with van der Waals surface area (Å²) in [5.41, 5.74) is 0.599. The van der Waals surface area contributed by atoms with Crippen LogP contribution in [0.4, 0.5) is 0 Å². The molecule has 6 heteroatoms. The second-order valence-electron chi connectivity index (χ2n) is 4.36. The molecule has 0 N–H and O–H groups in total. The number of carbonyl (C=O) groups excluding carboxylic acids is 1. The molecule has 0 aliphatic carbocycles. The van der Waals surface area contributed by atoms with Crippen molar-refractivity contribution in [2.75, 3.05) is 32.7 Å². The molecule has 19 heavy (non-hydrogen) atoms. The van der Waals surface area contributed by atoms with Crippen molar-refractivity contribution in [3.8, 4) is 6.07 Å². The number of benzene rings is 1. The minimum atomic E-state index is -0.00833. The molecule has 1 aromatic rings. The van der Waals surface area contributed by atoms with Gasteiger partial charge < -0.3 is 4.90 Å². The van der Waals surface area contributed by atoms with E-state index in [0.717, 1.165) is 17.6 Å². The van der Waals surface area contributed by atoms with E-state index in [1.165, 1.54) is 0 Å². The Hall–Kier alpha value is -1.09. The quantitative estimate of drug-likeness (QED) is 0.775. The van der Waals surface area contributed by atoms with Gasteiger partial charge in [0.05, 0.1) is 17.6 Å². The molecule has 1 saturated heterocycles. The van der Waals surface area contributed by atoms with Gasteiger partial charge in [-0.3, -0.25) is 9.69 Å². The van der Waals surface area contributed by atoms with Gasteiger partial charge >= 0.3 is 0 Å². The molecular formula is C13H13BrClN3O. The zero-order valence-corrected chi connectivity index (χ0v) is 12.6. The Balaban J connectivity index is 2.01. The third kappa shape index (κ3) is 3.47. The number of piperazine rings is 1. The molecule has 4 nitrogen and oxygen atoms in total. The average molecular weight is 343 g/mol. The Labute approximate surface area is 125 Å². The summed E-state index contributed by atoms with van der Waals surface area (Å²) in [6.07, 6.45) is 0. The summed E-state index contributed by atoms with van der Waals surface area (Å²) in [7, 11) is 0. The molecule has 0 atom stereocenters. The van der Waals surface area contributed by atoms with E-state index < -0.39 is 0 Å². The van der Waals surface area contributed by atoms with Crippen molar-refractivity contribution in [1.82, 2.24) is 9.80 Å². The summed E-state index contributed by atoms with van der Waals surface area (Å²) >= 11 is 9.30. The van der Waals surface area contributed by atoms with Crippen LogP contribution in [0.15, 0.2) is 22.7 Å². The molecule has 2 rings (SSSR count). The van der Waals surface area contributed by atoms with E-state index in [-0.39, 0.29) is 5.91 Å². The van der Waals surface area contributed by atoms with Gasteiger partial charge in [-0.1, -0.05) is 11.6 Å². The Kier molecular flexibility index (Phi) is 4.81. The van der Waals surface area contributed by atoms with Crippen LogP contribution in [0.2, 0.25) is 5.02 Å². The van der Waals surface area contributed by atoms with E-state index in [4.69, 9.17) is 16.9 Å². The standard InChI is InChI=1S/C13H13BrClN3O/c14-11-2-1-10(9-12(11)15)13(19)18-7-5-17(4-3-16)6-8-18/h1-2,9H,4-8H2. The lowest BCUT2D eigenvalue weighted by Crippen LogP contribution is -2.48. The number of halogens is 2. The predicted octanol–water partition coefficient (Wildman–Crippen LogP) is 2.38. The maximum Gasteiger partial charge on any atom is 0.253 e. The minimum Gasteiger partial charge on any atom is -0.336 e. The maximum absolute atomic E-state index is 12.3. The van der Waals surface area contributed by atoms with Gasteiger partial charge in [0.15, 0.2) is 0 Å². The smallest absolute Gasteiger partial charge is 0.253 e. The fraction of sp³-hybridized carbons (Fsp3) is 0.385. The van der Waals surface area contributed by atoms with Gasteiger partial charge in [0.1, 0.15) is 0 Å². The van der Waals surface area contributed by atoms with Crippen LogP contribution in [0.3, 0.4) is 0 Å². The van der Waals surface area contributed by atoms with Gasteiger partial charge in [0, 0.05) is 36.2 Å². The monoisotopic (exact) mass is 341 g/mol. The lowest BCUT2D eigenvalue weighted by Gasteiger charge is -2.33. The molecule has 1 aliphatic heterocycles. The van der Waals surface area contributed by atoms with Crippen molar-refractivity contribution in [2.45, 2.75) is 0 Å². The second kappa shape index (κ2) is 6.38. The number of carbonyl (C=O) groups is 1. The Morgan fingerprint density at radius 1 is 1.37 bits per heavy atom. The summed E-state index contributed by atoms with van der Waals surface area (Å²) in [5, 5.41) is 9.17. The zero-order valence-electron chi connectivity index (χ0n) is 10.3. The second-order valence-corrected chi connectivity index (χ2v) is 5.62. The van der Waals surface area contributed by atoms with Crippen LogP contribution < -0.4 is 0 Å². The zero-order chi connectivity index (χ0) is 13.8. The van der Waals surface area contributed by atoms with Crippen LogP contribution in [-0.2, 0) is 0 Å². The van der Waals surface area contributed by atoms with Crippen LogP contribution in [0, 0.1) is 11.3 Å². The van der Waals surface area contributed by atoms with E-state index in [2.05, 4.69) is 22.0 Å². The fourth-order valence-electron chi connectivity index (χ4n) is 2.02. The first-order valence-electron chi connectivity index (χ1n) is 5.95. The normalized spacial score (nSPS) is 16.2. The van der Waals surface area contributed by atoms with Gasteiger partial charge in [-0.15, -0.1) is 0 Å². The largest absolute Gasteiger partial charge is 0.336 e. The minimum absolute atomic E-state index is 0.00833. The molecule has 1 fully saturated rings. The van der Waals surface area contributed by atoms with E-state index in [9.17, 15) is 4.79 Å². The molecule has 0 saturated carbocycles. The summed E-state index contributed by atoms with van der Waals surface area (Å²) < 4.78 is 0.782. The molecule has 100 valence electrons. The van der Waals surface area contributed by atoms with Crippen LogP contribution in [0.5, 0.6) is 0 Å². The van der Waals surface area contributed by atoms with Gasteiger partial charge in [0.25, 0.3) is 5.91 Å². The van der Waals surface area contributed by atoms with Crippen molar-refractivity contribution in [3.05, 3.63) is 33.3 Å². The highest BCUT2D eigenvalue weighted by molar-refractivity contribution is 9.10. The van der Waals surface area contributed by atoms with E-state index in [1.807, 2.05) is 4.90 Å². The lowest BCUT2D eigenvalue weighted by atomic mass is 10.2. The summed E-state index contributed by atoms with van der Waals surface area (Å²) in [6.45, 7) is 3.20. The Morgan fingerprint density at radius 3 is 2.63 bits per heavy atom. The molecule has 1 amide bonds. The molecule has 1 aliphatic rings. The van der Waals surface area contributed by atoms with Crippen molar-refractivity contribution in [1.29, 1.82) is 5.26 Å². The number of hydrogen-bond donors (Lipinski definition) is 0. The topological polar surface area (TPSA) is 47.3 Å². The van der Waals surface area contributed by atoms with E-state index in [0.29, 0.717) is 30.2 Å². The maximum atomic E-state index is 12.3. The lowest BCUT2D eigenvalue weighted by molar-refractivity contribution is 0.0652. The van der Waals surface area contributed by atoms with Gasteiger partial charge in [-0.2, -0.15) is 5.26 Å².